The van der Waals surface area contributed by atoms with Crippen molar-refractivity contribution in [2.24, 2.45) is 11.1 Å². The normalized spacial score (nSPS) is 26.7. The predicted octanol–water partition coefficient (Wildman–Crippen LogP) is 6.44. The van der Waals surface area contributed by atoms with Gasteiger partial charge in [0.15, 0.2) is 0 Å². The molecule has 2 aliphatic rings. The summed E-state index contributed by atoms with van der Waals surface area (Å²) in [7, 11) is 0. The molecule has 0 radical (unpaired) electrons. The van der Waals surface area contributed by atoms with Crippen molar-refractivity contribution in [2.45, 2.75) is 38.5 Å². The Balaban J connectivity index is 1.95. The molecule has 0 bridgehead atoms. The molecule has 2 atom stereocenters. The molecule has 0 saturated carbocycles. The maximum Gasteiger partial charge on any atom is 0.435 e. The zero-order valence-corrected chi connectivity index (χ0v) is 15.1. The first-order valence-electron chi connectivity index (χ1n) is 7.75. The summed E-state index contributed by atoms with van der Waals surface area (Å²) in [5.41, 5.74) is -0.0737. The summed E-state index contributed by atoms with van der Waals surface area (Å²) in [5, 5.41) is 4.05. The molecule has 0 spiro atoms. The van der Waals surface area contributed by atoms with Crippen LogP contribution in [0.5, 0.6) is 0 Å². The van der Waals surface area contributed by atoms with Crippen molar-refractivity contribution >= 4 is 28.9 Å². The Morgan fingerprint density at radius 3 is 2.36 bits per heavy atom. The summed E-state index contributed by atoms with van der Waals surface area (Å²) in [6.45, 7) is 3.94. The lowest BCUT2D eigenvalue weighted by molar-refractivity contribution is -0.275. The van der Waals surface area contributed by atoms with Gasteiger partial charge >= 0.3 is 6.18 Å². The van der Waals surface area contributed by atoms with E-state index < -0.39 is 11.8 Å². The van der Waals surface area contributed by atoms with E-state index in [0.717, 1.165) is 11.1 Å². The van der Waals surface area contributed by atoms with Crippen LogP contribution in [0.1, 0.15) is 32.3 Å². The quantitative estimate of drug-likeness (QED) is 0.570. The van der Waals surface area contributed by atoms with E-state index in [1.165, 1.54) is 18.2 Å². The molecule has 1 heterocycles. The largest absolute Gasteiger partial charge is 0.435 e. The molecule has 1 aromatic carbocycles. The maximum absolute atomic E-state index is 13.9. The molecule has 1 aliphatic carbocycles. The lowest BCUT2D eigenvalue weighted by Gasteiger charge is -2.30. The van der Waals surface area contributed by atoms with Gasteiger partial charge in [-0.15, -0.1) is 0 Å². The van der Waals surface area contributed by atoms with Crippen LogP contribution in [0.3, 0.4) is 0 Å². The molecular formula is C18H16Cl2F3NO. The van der Waals surface area contributed by atoms with Crippen LogP contribution >= 0.6 is 23.2 Å². The summed E-state index contributed by atoms with van der Waals surface area (Å²) < 4.78 is 41.8. The number of hydrogen-bond donors (Lipinski definition) is 0. The van der Waals surface area contributed by atoms with Gasteiger partial charge in [-0.05, 0) is 38.5 Å². The van der Waals surface area contributed by atoms with Crippen LogP contribution < -0.4 is 0 Å². The number of alkyl halides is 3. The highest BCUT2D eigenvalue weighted by atomic mass is 35.5. The van der Waals surface area contributed by atoms with Gasteiger partial charge in [0.05, 0.1) is 5.71 Å². The van der Waals surface area contributed by atoms with Crippen molar-refractivity contribution in [1.29, 1.82) is 0 Å². The number of nitrogens with zero attached hydrogens (tertiary/aromatic N) is 1. The highest BCUT2D eigenvalue weighted by Crippen LogP contribution is 2.50. The van der Waals surface area contributed by atoms with Crippen LogP contribution in [0.25, 0.3) is 0 Å². The van der Waals surface area contributed by atoms with Crippen molar-refractivity contribution in [3.8, 4) is 0 Å². The number of oxime groups is 1. The van der Waals surface area contributed by atoms with Gasteiger partial charge in [0.2, 0.25) is 0 Å². The van der Waals surface area contributed by atoms with Gasteiger partial charge in [-0.3, -0.25) is 0 Å². The fraction of sp³-hybridized carbons (Fsp3) is 0.389. The monoisotopic (exact) mass is 389 g/mol. The summed E-state index contributed by atoms with van der Waals surface area (Å²) in [6, 6.07) is 3.84. The Labute approximate surface area is 153 Å². The van der Waals surface area contributed by atoms with E-state index in [0.29, 0.717) is 12.1 Å². The molecule has 0 fully saturated rings. The molecule has 1 aromatic rings. The second-order valence-electron chi connectivity index (χ2n) is 6.47. The maximum atomic E-state index is 13.9. The van der Waals surface area contributed by atoms with Crippen molar-refractivity contribution in [3.05, 3.63) is 57.1 Å². The van der Waals surface area contributed by atoms with Crippen LogP contribution in [0.4, 0.5) is 13.2 Å². The van der Waals surface area contributed by atoms with Gasteiger partial charge in [-0.1, -0.05) is 51.7 Å². The lowest BCUT2D eigenvalue weighted by Crippen LogP contribution is -2.43. The molecule has 25 heavy (non-hydrogen) atoms. The Morgan fingerprint density at radius 1 is 1.16 bits per heavy atom. The molecular weight excluding hydrogens is 374 g/mol. The van der Waals surface area contributed by atoms with Crippen LogP contribution in [0.2, 0.25) is 10.0 Å². The first-order chi connectivity index (χ1) is 11.6. The number of hydrogen-bond acceptors (Lipinski definition) is 2. The topological polar surface area (TPSA) is 21.6 Å². The van der Waals surface area contributed by atoms with E-state index in [1.807, 2.05) is 26.0 Å². The number of allylic oxidation sites excluding steroid dienone is 4. The molecule has 7 heteroatoms. The summed E-state index contributed by atoms with van der Waals surface area (Å²) in [4.78, 5) is 5.02. The van der Waals surface area contributed by atoms with Crippen LogP contribution in [0.15, 0.2) is 46.7 Å². The van der Waals surface area contributed by atoms with Gasteiger partial charge in [0.25, 0.3) is 5.60 Å². The molecule has 0 amide bonds. The van der Waals surface area contributed by atoms with E-state index in [9.17, 15) is 13.2 Å². The standard InChI is InChI=1S/C18H16Cl2F3NO/c1-10-3-4-12(5-11(10)2)16-9-17(25-24-16,18(21,22)23)13-6-14(19)8-15(20)7-13/h3-4,6-8,12H,5,9H2,1-2H3. The van der Waals surface area contributed by atoms with E-state index in [1.54, 1.807) is 0 Å². The minimum atomic E-state index is -4.66. The Bertz CT molecular complexity index is 778. The number of rotatable bonds is 2. The van der Waals surface area contributed by atoms with E-state index in [4.69, 9.17) is 28.0 Å². The fourth-order valence-electron chi connectivity index (χ4n) is 3.10. The third-order valence-electron chi connectivity index (χ3n) is 4.74. The molecule has 0 saturated heterocycles. The van der Waals surface area contributed by atoms with Crippen LogP contribution in [-0.4, -0.2) is 11.9 Å². The zero-order chi connectivity index (χ0) is 18.4. The molecule has 3 rings (SSSR count). The van der Waals surface area contributed by atoms with Crippen molar-refractivity contribution in [2.75, 3.05) is 0 Å². The summed E-state index contributed by atoms with van der Waals surface area (Å²) in [6.07, 6.45) is -0.619. The summed E-state index contributed by atoms with van der Waals surface area (Å²) in [5.74, 6) is -0.206. The predicted molar refractivity (Wildman–Crippen MR) is 93.0 cm³/mol. The molecule has 1 aliphatic heterocycles. The van der Waals surface area contributed by atoms with E-state index in [-0.39, 0.29) is 27.9 Å². The van der Waals surface area contributed by atoms with Gasteiger partial charge in [-0.2, -0.15) is 13.2 Å². The molecule has 2 unspecified atom stereocenters. The van der Waals surface area contributed by atoms with Crippen LogP contribution in [0, 0.1) is 5.92 Å². The Morgan fingerprint density at radius 2 is 1.80 bits per heavy atom. The highest BCUT2D eigenvalue weighted by molar-refractivity contribution is 6.34. The minimum Gasteiger partial charge on any atom is -0.374 e. The minimum absolute atomic E-state index is 0.120. The van der Waals surface area contributed by atoms with Crippen molar-refractivity contribution in [1.82, 2.24) is 0 Å². The SMILES string of the molecule is CC1=C(C)CC(C2=NOC(c3cc(Cl)cc(Cl)c3)(C(F)(F)F)C2)C=C1. The Kier molecular flexibility index (Phi) is 4.67. The molecule has 2 nitrogen and oxygen atoms in total. The Hall–Kier alpha value is -1.46. The number of benzene rings is 1. The first kappa shape index (κ1) is 18.3. The van der Waals surface area contributed by atoms with Crippen molar-refractivity contribution in [3.63, 3.8) is 0 Å². The van der Waals surface area contributed by atoms with Crippen molar-refractivity contribution < 1.29 is 18.0 Å². The average molecular weight is 390 g/mol. The van der Waals surface area contributed by atoms with E-state index >= 15 is 0 Å². The van der Waals surface area contributed by atoms with Gasteiger partial charge in [0.1, 0.15) is 0 Å². The molecule has 0 aromatic heterocycles. The number of halogens is 5. The third-order valence-corrected chi connectivity index (χ3v) is 5.18. The second-order valence-corrected chi connectivity index (χ2v) is 7.34. The zero-order valence-electron chi connectivity index (χ0n) is 13.6. The van der Waals surface area contributed by atoms with Gasteiger partial charge < -0.3 is 4.84 Å². The average Bonchev–Trinajstić information content (AvgIpc) is 2.95. The molecule has 134 valence electrons. The van der Waals surface area contributed by atoms with Gasteiger partial charge in [-0.25, -0.2) is 0 Å². The second kappa shape index (κ2) is 6.36. The highest BCUT2D eigenvalue weighted by Gasteiger charge is 2.62. The van der Waals surface area contributed by atoms with Gasteiger partial charge in [0, 0.05) is 27.9 Å². The van der Waals surface area contributed by atoms with Crippen LogP contribution in [-0.2, 0) is 10.4 Å². The smallest absolute Gasteiger partial charge is 0.374 e. The lowest BCUT2D eigenvalue weighted by atomic mass is 9.81. The third kappa shape index (κ3) is 3.32. The molecule has 0 N–H and O–H groups in total. The summed E-state index contributed by atoms with van der Waals surface area (Å²) >= 11 is 11.8. The fourth-order valence-corrected chi connectivity index (χ4v) is 3.63. The first-order valence-corrected chi connectivity index (χ1v) is 8.51. The van der Waals surface area contributed by atoms with E-state index in [2.05, 4.69) is 5.16 Å².